The first kappa shape index (κ1) is 14.0. The Morgan fingerprint density at radius 1 is 1.47 bits per heavy atom. The van der Waals surface area contributed by atoms with Crippen molar-refractivity contribution in [3.05, 3.63) is 12.7 Å². The Morgan fingerprint density at radius 2 is 2.26 bits per heavy atom. The first-order valence-electron chi connectivity index (χ1n) is 5.83. The van der Waals surface area contributed by atoms with Gasteiger partial charge in [-0.1, -0.05) is 0 Å². The summed E-state index contributed by atoms with van der Waals surface area (Å²) in [6, 6.07) is 0. The Morgan fingerprint density at radius 3 is 2.95 bits per heavy atom. The highest BCUT2D eigenvalue weighted by Gasteiger charge is 2.16. The average molecular weight is 283 g/mol. The molecule has 0 aromatic carbocycles. The Bertz CT molecular complexity index is 545. The molecule has 0 aliphatic carbocycles. The molecule has 104 valence electrons. The molecule has 0 saturated heterocycles. The first-order valence-corrected chi connectivity index (χ1v) is 7.22. The van der Waals surface area contributed by atoms with Crippen molar-refractivity contribution in [1.82, 2.24) is 19.5 Å². The van der Waals surface area contributed by atoms with E-state index in [0.29, 0.717) is 17.0 Å². The van der Waals surface area contributed by atoms with Crippen LogP contribution in [0, 0.1) is 0 Å². The van der Waals surface area contributed by atoms with E-state index in [9.17, 15) is 5.11 Å². The number of hydrogen-bond acceptors (Lipinski definition) is 7. The second-order valence-corrected chi connectivity index (χ2v) is 5.09. The molecule has 8 heteroatoms. The zero-order valence-corrected chi connectivity index (χ0v) is 11.7. The fraction of sp³-hybridized carbons (Fsp3) is 0.545. The SMILES string of the molecule is CSCC(OCn1cnc2c(N)ncnc21)C(C)O. The van der Waals surface area contributed by atoms with Crippen LogP contribution in [0.1, 0.15) is 6.92 Å². The molecule has 0 saturated carbocycles. The molecule has 0 spiro atoms. The van der Waals surface area contributed by atoms with Crippen LogP contribution < -0.4 is 5.73 Å². The molecule has 7 nitrogen and oxygen atoms in total. The lowest BCUT2D eigenvalue weighted by atomic mass is 10.2. The zero-order chi connectivity index (χ0) is 13.8. The number of nitrogens with two attached hydrogens (primary N) is 1. The van der Waals surface area contributed by atoms with Gasteiger partial charge in [0.1, 0.15) is 18.6 Å². The predicted octanol–water partition coefficient (Wildman–Crippen LogP) is 0.495. The van der Waals surface area contributed by atoms with E-state index < -0.39 is 6.10 Å². The van der Waals surface area contributed by atoms with Crippen LogP contribution in [0.2, 0.25) is 0 Å². The van der Waals surface area contributed by atoms with Gasteiger partial charge >= 0.3 is 0 Å². The lowest BCUT2D eigenvalue weighted by molar-refractivity contribution is -0.0443. The molecular formula is C11H17N5O2S. The van der Waals surface area contributed by atoms with Gasteiger partial charge in [-0.2, -0.15) is 11.8 Å². The third kappa shape index (κ3) is 3.14. The Labute approximate surface area is 115 Å². The Kier molecular flexibility index (Phi) is 4.56. The van der Waals surface area contributed by atoms with Gasteiger partial charge in [0.2, 0.25) is 0 Å². The molecule has 0 aliphatic rings. The highest BCUT2D eigenvalue weighted by Crippen LogP contribution is 2.15. The van der Waals surface area contributed by atoms with Gasteiger partial charge in [0.15, 0.2) is 11.5 Å². The Balaban J connectivity index is 2.11. The van der Waals surface area contributed by atoms with Gasteiger partial charge in [-0.25, -0.2) is 15.0 Å². The van der Waals surface area contributed by atoms with Crippen LogP contribution in [-0.4, -0.2) is 48.8 Å². The highest BCUT2D eigenvalue weighted by atomic mass is 32.2. The quantitative estimate of drug-likeness (QED) is 0.796. The monoisotopic (exact) mass is 283 g/mol. The topological polar surface area (TPSA) is 99.1 Å². The summed E-state index contributed by atoms with van der Waals surface area (Å²) in [5.41, 5.74) is 6.90. The molecule has 3 N–H and O–H groups in total. The minimum absolute atomic E-state index is 0.230. The minimum atomic E-state index is -0.526. The summed E-state index contributed by atoms with van der Waals surface area (Å²) < 4.78 is 7.43. The third-order valence-electron chi connectivity index (χ3n) is 2.73. The fourth-order valence-electron chi connectivity index (χ4n) is 1.66. The molecule has 2 heterocycles. The number of fused-ring (bicyclic) bond motifs is 1. The molecule has 0 fully saturated rings. The Hall–Kier alpha value is -1.38. The zero-order valence-electron chi connectivity index (χ0n) is 10.9. The third-order valence-corrected chi connectivity index (χ3v) is 3.39. The van der Waals surface area contributed by atoms with Crippen LogP contribution in [0.3, 0.4) is 0 Å². The average Bonchev–Trinajstić information content (AvgIpc) is 2.79. The van der Waals surface area contributed by atoms with E-state index in [0.717, 1.165) is 5.75 Å². The van der Waals surface area contributed by atoms with Gasteiger partial charge in [-0.05, 0) is 13.2 Å². The second kappa shape index (κ2) is 6.18. The van der Waals surface area contributed by atoms with Crippen molar-refractivity contribution < 1.29 is 9.84 Å². The summed E-state index contributed by atoms with van der Waals surface area (Å²) in [6.07, 6.45) is 4.21. The molecule has 2 aromatic rings. The smallest absolute Gasteiger partial charge is 0.167 e. The van der Waals surface area contributed by atoms with Gasteiger partial charge in [0.05, 0.1) is 18.5 Å². The van der Waals surface area contributed by atoms with Gasteiger partial charge in [-0.3, -0.25) is 4.57 Å². The van der Waals surface area contributed by atoms with Crippen molar-refractivity contribution in [3.63, 3.8) is 0 Å². The van der Waals surface area contributed by atoms with E-state index in [1.165, 1.54) is 6.33 Å². The lowest BCUT2D eigenvalue weighted by Gasteiger charge is -2.19. The second-order valence-electron chi connectivity index (χ2n) is 4.18. The summed E-state index contributed by atoms with van der Waals surface area (Å²) in [4.78, 5) is 12.2. The van der Waals surface area contributed by atoms with Crippen molar-refractivity contribution in [3.8, 4) is 0 Å². The van der Waals surface area contributed by atoms with Crippen molar-refractivity contribution >= 4 is 28.7 Å². The standard InChI is InChI=1S/C11H17N5O2S/c1-7(17)8(3-19-2)18-6-16-5-15-9-10(12)13-4-14-11(9)16/h4-5,7-8,17H,3,6H2,1-2H3,(H2,12,13,14). The largest absolute Gasteiger partial charge is 0.391 e. The minimum Gasteiger partial charge on any atom is -0.391 e. The van der Waals surface area contributed by atoms with Crippen LogP contribution in [0.5, 0.6) is 0 Å². The summed E-state index contributed by atoms with van der Waals surface area (Å²) >= 11 is 1.63. The number of hydrogen-bond donors (Lipinski definition) is 2. The molecule has 0 aliphatic heterocycles. The van der Waals surface area contributed by atoms with E-state index in [2.05, 4.69) is 15.0 Å². The van der Waals surface area contributed by atoms with Crippen molar-refractivity contribution in [2.45, 2.75) is 25.9 Å². The van der Waals surface area contributed by atoms with E-state index >= 15 is 0 Å². The molecule has 2 atom stereocenters. The number of thioether (sulfide) groups is 1. The fourth-order valence-corrected chi connectivity index (χ4v) is 2.36. The van der Waals surface area contributed by atoms with Crippen LogP contribution in [0.25, 0.3) is 11.2 Å². The number of ether oxygens (including phenoxy) is 1. The summed E-state index contributed by atoms with van der Waals surface area (Å²) in [5, 5.41) is 9.62. The first-order chi connectivity index (χ1) is 9.13. The number of aliphatic hydroxyl groups excluding tert-OH is 1. The van der Waals surface area contributed by atoms with E-state index in [4.69, 9.17) is 10.5 Å². The number of nitrogen functional groups attached to an aromatic ring is 1. The van der Waals surface area contributed by atoms with Gasteiger partial charge in [0.25, 0.3) is 0 Å². The van der Waals surface area contributed by atoms with Gasteiger partial charge < -0.3 is 15.6 Å². The number of nitrogens with zero attached hydrogens (tertiary/aromatic N) is 4. The molecule has 2 aromatic heterocycles. The lowest BCUT2D eigenvalue weighted by Crippen LogP contribution is -2.29. The molecule has 2 rings (SSSR count). The molecule has 19 heavy (non-hydrogen) atoms. The molecule has 0 radical (unpaired) electrons. The van der Waals surface area contributed by atoms with Gasteiger partial charge in [-0.15, -0.1) is 0 Å². The van der Waals surface area contributed by atoms with Crippen LogP contribution >= 0.6 is 11.8 Å². The summed E-state index contributed by atoms with van der Waals surface area (Å²) in [6.45, 7) is 1.98. The predicted molar refractivity (Wildman–Crippen MR) is 74.7 cm³/mol. The number of anilines is 1. The molecular weight excluding hydrogens is 266 g/mol. The van der Waals surface area contributed by atoms with Crippen molar-refractivity contribution in [2.24, 2.45) is 0 Å². The van der Waals surface area contributed by atoms with Crippen LogP contribution in [0.15, 0.2) is 12.7 Å². The van der Waals surface area contributed by atoms with Crippen molar-refractivity contribution in [2.75, 3.05) is 17.7 Å². The van der Waals surface area contributed by atoms with Crippen molar-refractivity contribution in [1.29, 1.82) is 0 Å². The summed E-state index contributed by atoms with van der Waals surface area (Å²) in [7, 11) is 0. The number of aromatic nitrogens is 4. The number of rotatable bonds is 6. The maximum Gasteiger partial charge on any atom is 0.167 e. The van der Waals surface area contributed by atoms with E-state index in [1.54, 1.807) is 29.6 Å². The maximum absolute atomic E-state index is 9.62. The van der Waals surface area contributed by atoms with Gasteiger partial charge in [0, 0.05) is 5.75 Å². The van der Waals surface area contributed by atoms with E-state index in [-0.39, 0.29) is 12.8 Å². The molecule has 0 bridgehead atoms. The summed E-state index contributed by atoms with van der Waals surface area (Å²) in [5.74, 6) is 1.07. The number of imidazole rings is 1. The normalized spacial score (nSPS) is 14.7. The number of aliphatic hydroxyl groups is 1. The van der Waals surface area contributed by atoms with Crippen LogP contribution in [-0.2, 0) is 11.5 Å². The van der Waals surface area contributed by atoms with Crippen LogP contribution in [0.4, 0.5) is 5.82 Å². The molecule has 2 unspecified atom stereocenters. The van der Waals surface area contributed by atoms with E-state index in [1.807, 2.05) is 6.26 Å². The highest BCUT2D eigenvalue weighted by molar-refractivity contribution is 7.98. The molecule has 0 amide bonds. The maximum atomic E-state index is 9.62.